The molecule has 0 saturated carbocycles. The van der Waals surface area contributed by atoms with Crippen molar-refractivity contribution in [1.82, 2.24) is 0 Å². The highest BCUT2D eigenvalue weighted by Gasteiger charge is 2.45. The molecule has 214 valence electrons. The number of hydrogen-bond donors (Lipinski definition) is 0. The molecule has 0 fully saturated rings. The third kappa shape index (κ3) is 15.3. The molecule has 9 nitrogen and oxygen atoms in total. The fraction of sp³-hybridized carbons (Fsp3) is 0.923. The summed E-state index contributed by atoms with van der Waals surface area (Å²) in [6.45, 7) is 8.92. The van der Waals surface area contributed by atoms with Crippen molar-refractivity contribution >= 4 is 19.5 Å². The standard InChI is InChI=1S/C26H51O9P/c1-7-11-13-22(9-3)20-32-25(27)19-24(26(28)33-21-23(10-4)14-12-8-2)36(29,34-17-15-30-5)35-18-16-31-6/h22-24H,7-21H2,1-6H3/t22-,23-,24+/m0/s1. The Labute approximate surface area is 218 Å². The van der Waals surface area contributed by atoms with Gasteiger partial charge in [-0.2, -0.15) is 0 Å². The van der Waals surface area contributed by atoms with Gasteiger partial charge in [-0.3, -0.25) is 14.2 Å². The molecule has 0 aromatic heterocycles. The van der Waals surface area contributed by atoms with E-state index in [-0.39, 0.29) is 51.5 Å². The molecule has 0 heterocycles. The number of esters is 2. The summed E-state index contributed by atoms with van der Waals surface area (Å²) in [4.78, 5) is 26.0. The average Bonchev–Trinajstić information content (AvgIpc) is 2.87. The van der Waals surface area contributed by atoms with Crippen molar-refractivity contribution in [3.8, 4) is 0 Å². The van der Waals surface area contributed by atoms with E-state index in [1.165, 1.54) is 14.2 Å². The van der Waals surface area contributed by atoms with Gasteiger partial charge in [0.15, 0.2) is 5.66 Å². The molecule has 36 heavy (non-hydrogen) atoms. The SMILES string of the molecule is CCCC[C@H](CC)COC(=O)C[C@H](C(=O)OC[C@@H](CC)CCCC)P(=O)(OCCOC)OCCOC. The predicted molar refractivity (Wildman–Crippen MR) is 140 cm³/mol. The number of rotatable bonds is 24. The lowest BCUT2D eigenvalue weighted by Gasteiger charge is -2.26. The zero-order valence-electron chi connectivity index (χ0n) is 23.5. The van der Waals surface area contributed by atoms with Gasteiger partial charge in [-0.25, -0.2) is 0 Å². The highest BCUT2D eigenvalue weighted by Crippen LogP contribution is 2.55. The van der Waals surface area contributed by atoms with Crippen LogP contribution in [0.25, 0.3) is 0 Å². The molecule has 0 aliphatic rings. The Morgan fingerprint density at radius 2 is 1.19 bits per heavy atom. The lowest BCUT2D eigenvalue weighted by Crippen LogP contribution is -2.31. The van der Waals surface area contributed by atoms with Crippen LogP contribution in [0.3, 0.4) is 0 Å². The predicted octanol–water partition coefficient (Wildman–Crippen LogP) is 5.78. The van der Waals surface area contributed by atoms with Crippen LogP contribution in [0.5, 0.6) is 0 Å². The first-order valence-electron chi connectivity index (χ1n) is 13.5. The quantitative estimate of drug-likeness (QED) is 0.0858. The first kappa shape index (κ1) is 35.0. The fourth-order valence-electron chi connectivity index (χ4n) is 3.56. The number of methoxy groups -OCH3 is 2. The zero-order valence-corrected chi connectivity index (χ0v) is 24.4. The Balaban J connectivity index is 5.58. The van der Waals surface area contributed by atoms with Crippen molar-refractivity contribution in [2.45, 2.75) is 91.1 Å². The van der Waals surface area contributed by atoms with E-state index >= 15 is 0 Å². The second-order valence-corrected chi connectivity index (χ2v) is 11.3. The molecule has 0 aromatic rings. The lowest BCUT2D eigenvalue weighted by atomic mass is 10.0. The van der Waals surface area contributed by atoms with Crippen molar-refractivity contribution in [1.29, 1.82) is 0 Å². The normalized spacial score (nSPS) is 14.3. The molecule has 0 unspecified atom stereocenters. The Bertz CT molecular complexity index is 600. The Kier molecular flexibility index (Phi) is 21.4. The van der Waals surface area contributed by atoms with Crippen LogP contribution in [0.1, 0.15) is 85.5 Å². The summed E-state index contributed by atoms with van der Waals surface area (Å²) < 4.78 is 45.9. The summed E-state index contributed by atoms with van der Waals surface area (Å²) >= 11 is 0. The van der Waals surface area contributed by atoms with Crippen LogP contribution < -0.4 is 0 Å². The molecule has 0 aliphatic heterocycles. The third-order valence-electron chi connectivity index (χ3n) is 6.16. The molecular weight excluding hydrogens is 487 g/mol. The summed E-state index contributed by atoms with van der Waals surface area (Å²) in [6, 6.07) is 0. The maximum absolute atomic E-state index is 13.8. The Hall–Kier alpha value is -0.990. The van der Waals surface area contributed by atoms with Crippen LogP contribution >= 0.6 is 7.60 Å². The van der Waals surface area contributed by atoms with Crippen molar-refractivity contribution < 1.29 is 42.1 Å². The van der Waals surface area contributed by atoms with Crippen LogP contribution in [0.4, 0.5) is 0 Å². The molecule has 0 radical (unpaired) electrons. The van der Waals surface area contributed by atoms with Crippen molar-refractivity contribution in [3.63, 3.8) is 0 Å². The first-order chi connectivity index (χ1) is 17.3. The monoisotopic (exact) mass is 538 g/mol. The van der Waals surface area contributed by atoms with Gasteiger partial charge in [0.1, 0.15) is 0 Å². The molecular formula is C26H51O9P. The van der Waals surface area contributed by atoms with E-state index in [1.54, 1.807) is 0 Å². The van der Waals surface area contributed by atoms with Gasteiger partial charge in [0, 0.05) is 14.2 Å². The summed E-state index contributed by atoms with van der Waals surface area (Å²) in [7, 11) is -1.14. The second kappa shape index (κ2) is 22.0. The number of hydrogen-bond acceptors (Lipinski definition) is 9. The van der Waals surface area contributed by atoms with Gasteiger partial charge in [-0.1, -0.05) is 66.2 Å². The summed E-state index contributed by atoms with van der Waals surface area (Å²) in [5, 5.41) is 0. The van der Waals surface area contributed by atoms with Crippen molar-refractivity contribution in [3.05, 3.63) is 0 Å². The van der Waals surface area contributed by atoms with Crippen LogP contribution in [0, 0.1) is 11.8 Å². The van der Waals surface area contributed by atoms with Gasteiger partial charge in [-0.15, -0.1) is 0 Å². The topological polar surface area (TPSA) is 107 Å². The minimum absolute atomic E-state index is 0.0669. The van der Waals surface area contributed by atoms with Crippen molar-refractivity contribution in [2.75, 3.05) is 53.9 Å². The van der Waals surface area contributed by atoms with Crippen LogP contribution in [0.15, 0.2) is 0 Å². The summed E-state index contributed by atoms with van der Waals surface area (Å²) in [5.41, 5.74) is -1.43. The van der Waals surface area contributed by atoms with E-state index in [0.717, 1.165) is 51.4 Å². The minimum atomic E-state index is -4.10. The van der Waals surface area contributed by atoms with E-state index in [2.05, 4.69) is 20.8 Å². The molecule has 0 saturated heterocycles. The molecule has 0 N–H and O–H groups in total. The van der Waals surface area contributed by atoms with Crippen LogP contribution in [-0.2, 0) is 42.1 Å². The Morgan fingerprint density at radius 3 is 1.61 bits per heavy atom. The number of unbranched alkanes of at least 4 members (excludes halogenated alkanes) is 2. The molecule has 0 bridgehead atoms. The Morgan fingerprint density at radius 1 is 0.722 bits per heavy atom. The van der Waals surface area contributed by atoms with Crippen LogP contribution in [-0.4, -0.2) is 71.5 Å². The number of ether oxygens (including phenoxy) is 4. The minimum Gasteiger partial charge on any atom is -0.465 e. The highest BCUT2D eigenvalue weighted by atomic mass is 31.2. The van der Waals surface area contributed by atoms with Crippen molar-refractivity contribution in [2.24, 2.45) is 11.8 Å². The van der Waals surface area contributed by atoms with Gasteiger partial charge < -0.3 is 28.0 Å². The molecule has 0 aliphatic carbocycles. The van der Waals surface area contributed by atoms with Gasteiger partial charge >= 0.3 is 19.5 Å². The second-order valence-electron chi connectivity index (χ2n) is 9.06. The van der Waals surface area contributed by atoms with Gasteiger partial charge in [0.25, 0.3) is 0 Å². The first-order valence-corrected chi connectivity index (χ1v) is 15.1. The summed E-state index contributed by atoms with van der Waals surface area (Å²) in [6.07, 6.45) is 7.36. The molecule has 0 rings (SSSR count). The zero-order chi connectivity index (χ0) is 27.2. The fourth-order valence-corrected chi connectivity index (χ4v) is 5.35. The van der Waals surface area contributed by atoms with Gasteiger partial charge in [-0.05, 0) is 24.7 Å². The largest absolute Gasteiger partial charge is 0.465 e. The maximum atomic E-state index is 13.8. The smallest absolute Gasteiger partial charge is 0.345 e. The summed E-state index contributed by atoms with van der Waals surface area (Å²) in [5.74, 6) is -0.978. The van der Waals surface area contributed by atoms with E-state index in [9.17, 15) is 14.2 Å². The van der Waals surface area contributed by atoms with E-state index in [1.807, 2.05) is 6.92 Å². The number of carbonyl (C=O) groups excluding carboxylic acids is 2. The molecule has 0 aromatic carbocycles. The average molecular weight is 539 g/mol. The lowest BCUT2D eigenvalue weighted by molar-refractivity contribution is -0.152. The van der Waals surface area contributed by atoms with E-state index in [0.29, 0.717) is 0 Å². The maximum Gasteiger partial charge on any atom is 0.345 e. The van der Waals surface area contributed by atoms with Gasteiger partial charge in [0.05, 0.1) is 46.1 Å². The highest BCUT2D eigenvalue weighted by molar-refractivity contribution is 7.55. The van der Waals surface area contributed by atoms with E-state index < -0.39 is 31.6 Å². The molecule has 10 heteroatoms. The molecule has 0 spiro atoms. The van der Waals surface area contributed by atoms with E-state index in [4.69, 9.17) is 28.0 Å². The number of carbonyl (C=O) groups is 2. The van der Waals surface area contributed by atoms with Crippen LogP contribution in [0.2, 0.25) is 0 Å². The molecule has 3 atom stereocenters. The van der Waals surface area contributed by atoms with Gasteiger partial charge in [0.2, 0.25) is 0 Å². The molecule has 0 amide bonds. The third-order valence-corrected chi connectivity index (χ3v) is 8.40.